The van der Waals surface area contributed by atoms with E-state index in [0.717, 1.165) is 11.8 Å². The minimum atomic E-state index is -0.419. The van der Waals surface area contributed by atoms with Gasteiger partial charge in [0.15, 0.2) is 0 Å². The zero-order chi connectivity index (χ0) is 22.9. The number of para-hydroxylation sites is 2. The molecule has 4 rings (SSSR count). The topological polar surface area (TPSA) is 154 Å². The van der Waals surface area contributed by atoms with E-state index >= 15 is 0 Å². The van der Waals surface area contributed by atoms with Crippen molar-refractivity contribution in [2.45, 2.75) is 0 Å². The average Bonchev–Trinajstić information content (AvgIpc) is 3.44. The van der Waals surface area contributed by atoms with E-state index in [1.807, 2.05) is 12.1 Å². The van der Waals surface area contributed by atoms with Crippen LogP contribution in [0, 0.1) is 0 Å². The van der Waals surface area contributed by atoms with Crippen LogP contribution in [-0.4, -0.2) is 43.9 Å². The molecule has 33 heavy (non-hydrogen) atoms. The monoisotopic (exact) mass is 468 g/mol. The number of nitrogens with one attached hydrogen (secondary N) is 2. The van der Waals surface area contributed by atoms with Crippen LogP contribution in [0.3, 0.4) is 0 Å². The van der Waals surface area contributed by atoms with Crippen molar-refractivity contribution in [3.63, 3.8) is 0 Å². The lowest BCUT2D eigenvalue weighted by molar-refractivity contribution is -0.114. The zero-order valence-corrected chi connectivity index (χ0v) is 17.7. The van der Waals surface area contributed by atoms with E-state index in [0.29, 0.717) is 11.5 Å². The molecule has 0 aliphatic heterocycles. The third-order valence-electron chi connectivity index (χ3n) is 3.81. The highest BCUT2D eigenvalue weighted by Crippen LogP contribution is 2.26. The first-order chi connectivity index (χ1) is 16.2. The van der Waals surface area contributed by atoms with E-state index in [1.165, 1.54) is 0 Å². The van der Waals surface area contributed by atoms with Crippen molar-refractivity contribution in [3.8, 4) is 23.3 Å². The van der Waals surface area contributed by atoms with Gasteiger partial charge >= 0.3 is 11.8 Å². The average molecular weight is 468 g/mol. The number of aromatic nitrogens is 4. The zero-order valence-electron chi connectivity index (χ0n) is 16.8. The molecule has 2 N–H and O–H groups in total. The van der Waals surface area contributed by atoms with Crippen molar-refractivity contribution >= 4 is 35.2 Å². The first kappa shape index (κ1) is 21.8. The molecule has 0 spiro atoms. The third-order valence-corrected chi connectivity index (χ3v) is 4.75. The van der Waals surface area contributed by atoms with Crippen molar-refractivity contribution in [2.75, 3.05) is 22.1 Å². The lowest BCUT2D eigenvalue weighted by Gasteiger charge is -2.05. The van der Waals surface area contributed by atoms with Gasteiger partial charge in [-0.25, -0.2) is 9.26 Å². The Morgan fingerprint density at radius 3 is 1.55 bits per heavy atom. The molecule has 2 heterocycles. The van der Waals surface area contributed by atoms with Gasteiger partial charge in [0.1, 0.15) is 11.5 Å². The number of nitrogens with zero attached hydrogens (tertiary/aromatic N) is 4. The summed E-state index contributed by atoms with van der Waals surface area (Å²) in [6, 6.07) is 17.7. The van der Waals surface area contributed by atoms with E-state index in [1.54, 1.807) is 48.5 Å². The molecular weight excluding hydrogens is 452 g/mol. The second kappa shape index (κ2) is 10.8. The van der Waals surface area contributed by atoms with Crippen molar-refractivity contribution < 1.29 is 28.3 Å². The van der Waals surface area contributed by atoms with Crippen LogP contribution in [-0.2, 0) is 9.59 Å². The Bertz CT molecular complexity index is 1110. The summed E-state index contributed by atoms with van der Waals surface area (Å²) >= 11 is 1.07. The highest BCUT2D eigenvalue weighted by molar-refractivity contribution is 8.00. The molecule has 12 nitrogen and oxygen atoms in total. The largest absolute Gasteiger partial charge is 0.434 e. The van der Waals surface area contributed by atoms with Gasteiger partial charge in [-0.2, -0.15) is 0 Å². The fraction of sp³-hybridized carbons (Fsp3) is 0.100. The van der Waals surface area contributed by atoms with E-state index in [2.05, 4.69) is 40.5 Å². The molecule has 0 aliphatic rings. The molecule has 0 radical (unpaired) electrons. The Balaban J connectivity index is 1.22. The summed E-state index contributed by atoms with van der Waals surface area (Å²) < 4.78 is 20.3. The number of rotatable bonds is 10. The number of carbonyl (C=O) groups excluding carboxylic acids is 2. The summed E-state index contributed by atoms with van der Waals surface area (Å²) in [5.74, 6) is 0.208. The maximum Gasteiger partial charge on any atom is 0.306 e. The van der Waals surface area contributed by atoms with Crippen molar-refractivity contribution in [1.29, 1.82) is 0 Å². The fourth-order valence-corrected chi connectivity index (χ4v) is 3.04. The smallest absolute Gasteiger partial charge is 0.306 e. The minimum Gasteiger partial charge on any atom is -0.434 e. The summed E-state index contributed by atoms with van der Waals surface area (Å²) in [4.78, 5) is 24.4. The Labute approximate surface area is 190 Å². The molecule has 13 heteroatoms. The predicted molar refractivity (Wildman–Crippen MR) is 116 cm³/mol. The quantitative estimate of drug-likeness (QED) is 0.352. The molecule has 0 unspecified atom stereocenters. The highest BCUT2D eigenvalue weighted by atomic mass is 32.2. The van der Waals surface area contributed by atoms with Gasteiger partial charge in [0.25, 0.3) is 0 Å². The standard InChI is InChI=1S/C20H16N6O6S/c27-15(21-17-19(25-31-23-17)29-13-7-3-1-4-8-13)11-33-12-16(28)22-18-20(26-32-24-18)30-14-9-5-2-6-10-14/h1-10H,11-12H2,(H,21,23,27)(H,22,24,28). The third kappa shape index (κ3) is 6.30. The van der Waals surface area contributed by atoms with Crippen LogP contribution >= 0.6 is 11.8 Å². The molecule has 2 aromatic heterocycles. The first-order valence-corrected chi connectivity index (χ1v) is 10.6. The van der Waals surface area contributed by atoms with Crippen LogP contribution < -0.4 is 20.1 Å². The van der Waals surface area contributed by atoms with Crippen molar-refractivity contribution in [3.05, 3.63) is 60.7 Å². The van der Waals surface area contributed by atoms with Gasteiger partial charge in [-0.3, -0.25) is 9.59 Å². The fourth-order valence-electron chi connectivity index (χ4n) is 2.42. The maximum absolute atomic E-state index is 12.2. The summed E-state index contributed by atoms with van der Waals surface area (Å²) in [7, 11) is 0. The molecule has 0 atom stereocenters. The maximum atomic E-state index is 12.2. The van der Waals surface area contributed by atoms with Crippen LogP contribution in [0.5, 0.6) is 23.3 Å². The Morgan fingerprint density at radius 1 is 0.697 bits per heavy atom. The summed E-state index contributed by atoms with van der Waals surface area (Å²) in [6.45, 7) is 0. The number of anilines is 2. The molecule has 0 saturated carbocycles. The van der Waals surface area contributed by atoms with Crippen LogP contribution in [0.4, 0.5) is 11.6 Å². The molecular formula is C20H16N6O6S. The SMILES string of the molecule is O=C(CSCC(=O)Nc1nonc1Oc1ccccc1)Nc1nonc1Oc1ccccc1. The number of thioether (sulfide) groups is 1. The lowest BCUT2D eigenvalue weighted by Crippen LogP contribution is -2.19. The number of hydrogen-bond acceptors (Lipinski definition) is 11. The number of carbonyl (C=O) groups is 2. The minimum absolute atomic E-state index is 0.0155. The normalized spacial score (nSPS) is 10.4. The van der Waals surface area contributed by atoms with Gasteiger partial charge in [-0.1, -0.05) is 36.4 Å². The number of amides is 2. The van der Waals surface area contributed by atoms with Crippen LogP contribution in [0.25, 0.3) is 0 Å². The van der Waals surface area contributed by atoms with Crippen molar-refractivity contribution in [2.24, 2.45) is 0 Å². The van der Waals surface area contributed by atoms with Gasteiger partial charge in [-0.15, -0.1) is 11.8 Å². The van der Waals surface area contributed by atoms with E-state index in [9.17, 15) is 9.59 Å². The first-order valence-electron chi connectivity index (χ1n) is 9.46. The van der Waals surface area contributed by atoms with Crippen molar-refractivity contribution in [1.82, 2.24) is 20.6 Å². The molecule has 168 valence electrons. The number of hydrogen-bond donors (Lipinski definition) is 2. The molecule has 4 aromatic rings. The Hall–Kier alpha value is -4.39. The molecule has 0 fully saturated rings. The molecule has 0 bridgehead atoms. The van der Waals surface area contributed by atoms with E-state index in [-0.39, 0.29) is 34.9 Å². The van der Waals surface area contributed by atoms with Crippen LogP contribution in [0.1, 0.15) is 0 Å². The summed E-state index contributed by atoms with van der Waals surface area (Å²) in [6.07, 6.45) is 0. The van der Waals surface area contributed by atoms with Crippen LogP contribution in [0.15, 0.2) is 69.9 Å². The van der Waals surface area contributed by atoms with E-state index < -0.39 is 11.8 Å². The summed E-state index contributed by atoms with van der Waals surface area (Å²) in [5, 5.41) is 19.5. The van der Waals surface area contributed by atoms with Gasteiger partial charge < -0.3 is 20.1 Å². The molecule has 0 aliphatic carbocycles. The summed E-state index contributed by atoms with van der Waals surface area (Å²) in [5.41, 5.74) is 0. The van der Waals surface area contributed by atoms with E-state index in [4.69, 9.17) is 9.47 Å². The van der Waals surface area contributed by atoms with Gasteiger partial charge in [-0.05, 0) is 44.9 Å². The Morgan fingerprint density at radius 2 is 1.12 bits per heavy atom. The number of ether oxygens (including phenoxy) is 2. The van der Waals surface area contributed by atoms with Gasteiger partial charge in [0.2, 0.25) is 23.5 Å². The molecule has 0 saturated heterocycles. The molecule has 2 aromatic carbocycles. The van der Waals surface area contributed by atoms with Gasteiger partial charge in [0.05, 0.1) is 11.5 Å². The number of benzene rings is 2. The van der Waals surface area contributed by atoms with Gasteiger partial charge in [0, 0.05) is 0 Å². The molecule has 2 amide bonds. The van der Waals surface area contributed by atoms with Crippen LogP contribution in [0.2, 0.25) is 0 Å². The second-order valence-electron chi connectivity index (χ2n) is 6.26. The second-order valence-corrected chi connectivity index (χ2v) is 7.24. The highest BCUT2D eigenvalue weighted by Gasteiger charge is 2.18. The Kier molecular flexibility index (Phi) is 7.12. The predicted octanol–water partition coefficient (Wildman–Crippen LogP) is 3.35. The lowest BCUT2D eigenvalue weighted by atomic mass is 10.3.